The van der Waals surface area contributed by atoms with Crippen LogP contribution in [-0.4, -0.2) is 44.6 Å². The number of aromatic nitrogens is 3. The summed E-state index contributed by atoms with van der Waals surface area (Å²) in [6, 6.07) is 12.9. The number of nitrogen functional groups attached to an aromatic ring is 1. The lowest BCUT2D eigenvalue weighted by Crippen LogP contribution is -2.42. The number of para-hydroxylation sites is 1. The summed E-state index contributed by atoms with van der Waals surface area (Å²) in [5.74, 6) is 5.86. The van der Waals surface area contributed by atoms with Gasteiger partial charge < -0.3 is 21.1 Å². The first-order valence-electron chi connectivity index (χ1n) is 11.5. The van der Waals surface area contributed by atoms with Crippen molar-refractivity contribution in [2.24, 2.45) is 11.1 Å². The Bertz CT molecular complexity index is 1330. The monoisotopic (exact) mass is 470 g/mol. The number of primary amides is 1. The van der Waals surface area contributed by atoms with E-state index in [0.717, 1.165) is 19.3 Å². The van der Waals surface area contributed by atoms with Crippen LogP contribution in [0.1, 0.15) is 42.6 Å². The number of rotatable bonds is 5. The maximum atomic E-state index is 12.3. The van der Waals surface area contributed by atoms with E-state index in [0.29, 0.717) is 36.0 Å². The Labute approximate surface area is 203 Å². The van der Waals surface area contributed by atoms with Gasteiger partial charge in [0.15, 0.2) is 0 Å². The Morgan fingerprint density at radius 2 is 1.94 bits per heavy atom. The van der Waals surface area contributed by atoms with Crippen molar-refractivity contribution in [2.45, 2.75) is 32.2 Å². The van der Waals surface area contributed by atoms with Gasteiger partial charge in [-0.25, -0.2) is 9.67 Å². The number of amides is 2. The van der Waals surface area contributed by atoms with E-state index in [2.05, 4.69) is 21.9 Å². The molecule has 1 aliphatic heterocycles. The second-order valence-corrected chi connectivity index (χ2v) is 9.13. The van der Waals surface area contributed by atoms with Gasteiger partial charge >= 0.3 is 0 Å². The molecule has 3 aromatic rings. The van der Waals surface area contributed by atoms with Crippen LogP contribution in [-0.2, 0) is 4.79 Å². The van der Waals surface area contributed by atoms with Crippen molar-refractivity contribution in [3.63, 3.8) is 0 Å². The van der Waals surface area contributed by atoms with Crippen molar-refractivity contribution in [3.05, 3.63) is 54.2 Å². The minimum Gasteiger partial charge on any atom is -0.439 e. The molecule has 0 bridgehead atoms. The zero-order valence-corrected chi connectivity index (χ0v) is 19.4. The number of likely N-dealkylation sites (tertiary alicyclic amines) is 1. The first-order chi connectivity index (χ1) is 16.9. The number of ether oxygens (including phenoxy) is 1. The van der Waals surface area contributed by atoms with Crippen molar-refractivity contribution >= 4 is 17.6 Å². The van der Waals surface area contributed by atoms with E-state index in [1.54, 1.807) is 29.9 Å². The molecule has 1 spiro atoms. The minimum atomic E-state index is -0.641. The minimum absolute atomic E-state index is 0.0304. The summed E-state index contributed by atoms with van der Waals surface area (Å²) >= 11 is 0. The zero-order chi connectivity index (χ0) is 24.6. The number of pyridine rings is 1. The fraction of sp³-hybridized carbons (Fsp3) is 0.308. The molecule has 2 fully saturated rings. The van der Waals surface area contributed by atoms with Crippen LogP contribution < -0.4 is 16.2 Å². The van der Waals surface area contributed by atoms with E-state index in [1.165, 1.54) is 0 Å². The molecule has 4 N–H and O–H groups in total. The Balaban J connectivity index is 1.35. The summed E-state index contributed by atoms with van der Waals surface area (Å²) < 4.78 is 7.45. The topological polar surface area (TPSA) is 129 Å². The number of hydrogen-bond donors (Lipinski definition) is 2. The molecule has 9 heteroatoms. The lowest BCUT2D eigenvalue weighted by Gasteiger charge is -2.45. The molecule has 35 heavy (non-hydrogen) atoms. The average molecular weight is 471 g/mol. The molecule has 5 rings (SSSR count). The molecule has 1 saturated heterocycles. The first-order valence-corrected chi connectivity index (χ1v) is 11.5. The van der Waals surface area contributed by atoms with Crippen LogP contribution in [0.4, 0.5) is 5.82 Å². The molecule has 0 atom stereocenters. The third-order valence-corrected chi connectivity index (χ3v) is 6.81. The molecular weight excluding hydrogens is 444 g/mol. The fourth-order valence-electron chi connectivity index (χ4n) is 5.10. The Kier molecular flexibility index (Phi) is 5.65. The highest BCUT2D eigenvalue weighted by Crippen LogP contribution is 2.54. The number of carbonyl (C=O) groups excluding carboxylic acids is 2. The van der Waals surface area contributed by atoms with Crippen LogP contribution in [0.3, 0.4) is 0 Å². The van der Waals surface area contributed by atoms with E-state index >= 15 is 0 Å². The second kappa shape index (κ2) is 8.80. The van der Waals surface area contributed by atoms with Gasteiger partial charge in [0.05, 0.1) is 6.04 Å². The molecule has 0 radical (unpaired) electrons. The standard InChI is InChI=1S/C26H26N6O3/c1-2-6-21(33)31-12-11-26(16-31)13-18(14-26)32-24(27)22(25(28)34)23(30-32)17-9-10-20(29-15-17)35-19-7-4-3-5-8-19/h3-5,7-10,15,18H,11-14,16,27H2,1H3,(H2,28,34). The highest BCUT2D eigenvalue weighted by Gasteiger charge is 2.51. The molecule has 178 valence electrons. The van der Waals surface area contributed by atoms with Crippen LogP contribution >= 0.6 is 0 Å². The van der Waals surface area contributed by atoms with Gasteiger partial charge in [0.2, 0.25) is 5.88 Å². The number of benzene rings is 1. The van der Waals surface area contributed by atoms with Gasteiger partial charge in [0.1, 0.15) is 22.8 Å². The van der Waals surface area contributed by atoms with Gasteiger partial charge in [-0.2, -0.15) is 5.10 Å². The lowest BCUT2D eigenvalue weighted by molar-refractivity contribution is -0.125. The number of carbonyl (C=O) groups is 2. The molecule has 2 aliphatic rings. The first kappa shape index (κ1) is 22.5. The summed E-state index contributed by atoms with van der Waals surface area (Å²) in [6.07, 6.45) is 4.16. The molecule has 1 aliphatic carbocycles. The SMILES string of the molecule is CC#CC(=O)N1CCC2(CC(n3nc(-c4ccc(Oc5ccccc5)nc4)c(C(N)=O)c3N)C2)C1. The largest absolute Gasteiger partial charge is 0.439 e. The Morgan fingerprint density at radius 3 is 2.60 bits per heavy atom. The molecule has 3 heterocycles. The number of nitrogens with two attached hydrogens (primary N) is 2. The van der Waals surface area contributed by atoms with Crippen LogP contribution in [0.2, 0.25) is 0 Å². The van der Waals surface area contributed by atoms with E-state index in [4.69, 9.17) is 16.2 Å². The van der Waals surface area contributed by atoms with Crippen molar-refractivity contribution < 1.29 is 14.3 Å². The summed E-state index contributed by atoms with van der Waals surface area (Å²) in [4.78, 5) is 30.6. The summed E-state index contributed by atoms with van der Waals surface area (Å²) in [5.41, 5.74) is 13.3. The number of hydrogen-bond acceptors (Lipinski definition) is 6. The summed E-state index contributed by atoms with van der Waals surface area (Å²) in [5, 5.41) is 4.68. The van der Waals surface area contributed by atoms with Gasteiger partial charge in [0.25, 0.3) is 11.8 Å². The van der Waals surface area contributed by atoms with Crippen LogP contribution in [0.25, 0.3) is 11.3 Å². The summed E-state index contributed by atoms with van der Waals surface area (Å²) in [7, 11) is 0. The third-order valence-electron chi connectivity index (χ3n) is 6.81. The van der Waals surface area contributed by atoms with E-state index in [-0.39, 0.29) is 28.7 Å². The van der Waals surface area contributed by atoms with Gasteiger partial charge in [-0.1, -0.05) is 24.1 Å². The predicted octanol–water partition coefficient (Wildman–Crippen LogP) is 3.00. The van der Waals surface area contributed by atoms with Gasteiger partial charge in [0, 0.05) is 30.9 Å². The smallest absolute Gasteiger partial charge is 0.298 e. The molecular formula is C26H26N6O3. The van der Waals surface area contributed by atoms with Gasteiger partial charge in [-0.3, -0.25) is 9.59 Å². The van der Waals surface area contributed by atoms with Gasteiger partial charge in [-0.05, 0) is 55.7 Å². The molecule has 0 unspecified atom stereocenters. The molecule has 1 aromatic carbocycles. The normalized spacial score (nSPS) is 20.7. The molecule has 1 saturated carbocycles. The average Bonchev–Trinajstić information content (AvgIpc) is 3.42. The van der Waals surface area contributed by atoms with E-state index in [1.807, 2.05) is 35.2 Å². The van der Waals surface area contributed by atoms with E-state index < -0.39 is 5.91 Å². The Hall–Kier alpha value is -4.32. The van der Waals surface area contributed by atoms with Gasteiger partial charge in [-0.15, -0.1) is 0 Å². The van der Waals surface area contributed by atoms with E-state index in [9.17, 15) is 9.59 Å². The molecule has 2 aromatic heterocycles. The maximum absolute atomic E-state index is 12.3. The lowest BCUT2D eigenvalue weighted by atomic mass is 9.65. The maximum Gasteiger partial charge on any atom is 0.298 e. The third kappa shape index (κ3) is 4.19. The summed E-state index contributed by atoms with van der Waals surface area (Å²) in [6.45, 7) is 3.05. The van der Waals surface area contributed by atoms with Crippen molar-refractivity contribution in [2.75, 3.05) is 18.8 Å². The molecule has 2 amide bonds. The zero-order valence-electron chi connectivity index (χ0n) is 19.4. The van der Waals surface area contributed by atoms with Crippen LogP contribution in [0, 0.1) is 17.3 Å². The molecule has 9 nitrogen and oxygen atoms in total. The number of nitrogens with zero attached hydrogens (tertiary/aromatic N) is 4. The van der Waals surface area contributed by atoms with Crippen molar-refractivity contribution in [3.8, 4) is 34.7 Å². The number of anilines is 1. The fourth-order valence-corrected chi connectivity index (χ4v) is 5.10. The Morgan fingerprint density at radius 1 is 1.17 bits per heavy atom. The van der Waals surface area contributed by atoms with Crippen LogP contribution in [0.5, 0.6) is 11.6 Å². The van der Waals surface area contributed by atoms with Crippen molar-refractivity contribution in [1.82, 2.24) is 19.7 Å². The predicted molar refractivity (Wildman–Crippen MR) is 130 cm³/mol. The van der Waals surface area contributed by atoms with Crippen LogP contribution in [0.15, 0.2) is 48.7 Å². The quantitative estimate of drug-likeness (QED) is 0.552. The van der Waals surface area contributed by atoms with Crippen molar-refractivity contribution in [1.29, 1.82) is 0 Å². The highest BCUT2D eigenvalue weighted by molar-refractivity contribution is 6.03. The highest BCUT2D eigenvalue weighted by atomic mass is 16.5. The second-order valence-electron chi connectivity index (χ2n) is 9.13.